The number of ether oxygens (including phenoxy) is 2. The zero-order valence-corrected chi connectivity index (χ0v) is 20.7. The molecule has 7 rings (SSSR count). The average molecular weight is 479 g/mol. The molecule has 1 N–H and O–H groups in total. The predicted octanol–water partition coefficient (Wildman–Crippen LogP) is 2.96. The summed E-state index contributed by atoms with van der Waals surface area (Å²) in [6.45, 7) is 6.70. The van der Waals surface area contributed by atoms with Crippen molar-refractivity contribution in [1.82, 2.24) is 24.8 Å². The van der Waals surface area contributed by atoms with Gasteiger partial charge in [-0.05, 0) is 50.2 Å². The highest BCUT2D eigenvalue weighted by Crippen LogP contribution is 2.50. The van der Waals surface area contributed by atoms with Gasteiger partial charge in [0.2, 0.25) is 5.95 Å². The van der Waals surface area contributed by atoms with E-state index in [2.05, 4.69) is 27.9 Å². The van der Waals surface area contributed by atoms with E-state index in [0.29, 0.717) is 38.5 Å². The Hall–Kier alpha value is -2.81. The number of nitrogens with one attached hydrogen (secondary N) is 1. The maximum Gasteiger partial charge on any atom is 0.409 e. The fourth-order valence-electron chi connectivity index (χ4n) is 6.08. The molecule has 4 fully saturated rings. The van der Waals surface area contributed by atoms with Crippen LogP contribution in [-0.4, -0.2) is 70.4 Å². The minimum Gasteiger partial charge on any atom is -0.478 e. The lowest BCUT2D eigenvalue weighted by molar-refractivity contribution is -0.0113. The van der Waals surface area contributed by atoms with Crippen molar-refractivity contribution >= 4 is 12.0 Å². The molecule has 3 aliphatic heterocycles. The maximum atomic E-state index is 12.7. The van der Waals surface area contributed by atoms with Crippen molar-refractivity contribution in [2.75, 3.05) is 44.2 Å². The van der Waals surface area contributed by atoms with E-state index in [1.807, 2.05) is 18.0 Å². The molecule has 0 aromatic carbocycles. The Bertz CT molecular complexity index is 1180. The number of piperidine rings is 1. The zero-order valence-electron chi connectivity index (χ0n) is 20.7. The fraction of sp³-hybridized carbons (Fsp3) is 0.654. The molecule has 9 nitrogen and oxygen atoms in total. The molecule has 35 heavy (non-hydrogen) atoms. The van der Waals surface area contributed by atoms with Crippen molar-refractivity contribution in [3.63, 3.8) is 0 Å². The molecule has 0 bridgehead atoms. The number of likely N-dealkylation sites (tertiary alicyclic amines) is 1. The Kier molecular flexibility index (Phi) is 4.66. The van der Waals surface area contributed by atoms with E-state index in [9.17, 15) is 4.79 Å². The summed E-state index contributed by atoms with van der Waals surface area (Å²) in [7, 11) is 2.11. The third-order valence-electron chi connectivity index (χ3n) is 8.50. The Labute approximate surface area is 205 Å². The molecule has 2 saturated heterocycles. The van der Waals surface area contributed by atoms with Crippen molar-refractivity contribution in [3.05, 3.63) is 23.5 Å². The molecule has 2 saturated carbocycles. The topological polar surface area (TPSA) is 84.8 Å². The molecule has 186 valence electrons. The smallest absolute Gasteiger partial charge is 0.409 e. The van der Waals surface area contributed by atoms with Crippen molar-refractivity contribution in [2.24, 2.45) is 13.0 Å². The molecule has 2 aliphatic carbocycles. The summed E-state index contributed by atoms with van der Waals surface area (Å²) in [5, 5.41) is 3.70. The number of rotatable bonds is 3. The lowest BCUT2D eigenvalue weighted by Crippen LogP contribution is -2.53. The molecule has 0 atom stereocenters. The van der Waals surface area contributed by atoms with Crippen LogP contribution in [0.1, 0.15) is 49.8 Å². The summed E-state index contributed by atoms with van der Waals surface area (Å²) in [5.74, 6) is 2.36. The standard InChI is InChI=1S/C26H34N6O3/c1-17-13-19-20(27-14-17)21-22(30(2)23(29-21)32-12-9-28-25(16-32)5-6-25)26(35-19)7-10-31(11-8-26)24(33)34-15-18-3-4-18/h13-14,18,28H,3-12,15-16H2,1-2H3. The SMILES string of the molecule is Cc1cnc2c(c1)OC1(CCN(C(=O)OCC3CC3)CC1)c1c-2nc(N2CCNC3(CC3)C2)n1C. The maximum absolute atomic E-state index is 12.7. The number of anilines is 1. The molecule has 5 heterocycles. The number of carbonyl (C=O) groups excluding carboxylic acids is 1. The fourth-order valence-corrected chi connectivity index (χ4v) is 6.08. The highest BCUT2D eigenvalue weighted by Gasteiger charge is 2.50. The number of imidazole rings is 1. The normalized spacial score (nSPS) is 23.6. The lowest BCUT2D eigenvalue weighted by Gasteiger charge is -2.44. The van der Waals surface area contributed by atoms with E-state index in [1.165, 1.54) is 25.7 Å². The van der Waals surface area contributed by atoms with Crippen LogP contribution in [-0.2, 0) is 17.4 Å². The van der Waals surface area contributed by atoms with Crippen LogP contribution in [0.25, 0.3) is 11.4 Å². The highest BCUT2D eigenvalue weighted by molar-refractivity contribution is 5.72. The van der Waals surface area contributed by atoms with Gasteiger partial charge in [-0.3, -0.25) is 4.98 Å². The van der Waals surface area contributed by atoms with Gasteiger partial charge in [-0.25, -0.2) is 9.78 Å². The largest absolute Gasteiger partial charge is 0.478 e. The van der Waals surface area contributed by atoms with Gasteiger partial charge >= 0.3 is 6.09 Å². The third kappa shape index (κ3) is 3.58. The van der Waals surface area contributed by atoms with Gasteiger partial charge in [0.25, 0.3) is 0 Å². The van der Waals surface area contributed by atoms with E-state index >= 15 is 0 Å². The number of nitrogens with zero attached hydrogens (tertiary/aromatic N) is 5. The number of fused-ring (bicyclic) bond motifs is 4. The first-order valence-electron chi connectivity index (χ1n) is 13.1. The summed E-state index contributed by atoms with van der Waals surface area (Å²) in [6, 6.07) is 2.07. The van der Waals surface area contributed by atoms with Crippen LogP contribution >= 0.6 is 0 Å². The molecule has 1 amide bonds. The van der Waals surface area contributed by atoms with Gasteiger partial charge in [-0.15, -0.1) is 0 Å². The average Bonchev–Trinajstić information content (AvgIpc) is 3.78. The van der Waals surface area contributed by atoms with Crippen LogP contribution in [0.3, 0.4) is 0 Å². The Balaban J connectivity index is 1.22. The first-order valence-corrected chi connectivity index (χ1v) is 13.1. The zero-order chi connectivity index (χ0) is 23.8. The minimum absolute atomic E-state index is 0.193. The second-order valence-electron chi connectivity index (χ2n) is 11.3. The van der Waals surface area contributed by atoms with E-state index in [4.69, 9.17) is 19.4 Å². The van der Waals surface area contributed by atoms with Crippen molar-refractivity contribution in [1.29, 1.82) is 0 Å². The summed E-state index contributed by atoms with van der Waals surface area (Å²) < 4.78 is 14.6. The van der Waals surface area contributed by atoms with Crippen LogP contribution in [0.5, 0.6) is 5.75 Å². The monoisotopic (exact) mass is 478 g/mol. The Morgan fingerprint density at radius 2 is 2.00 bits per heavy atom. The van der Waals surface area contributed by atoms with E-state index in [1.54, 1.807) is 0 Å². The number of amides is 1. The molecule has 5 aliphatic rings. The lowest BCUT2D eigenvalue weighted by atomic mass is 9.84. The molecule has 2 aromatic rings. The summed E-state index contributed by atoms with van der Waals surface area (Å²) in [5.41, 5.74) is 3.63. The van der Waals surface area contributed by atoms with Crippen molar-refractivity contribution in [3.8, 4) is 17.1 Å². The summed E-state index contributed by atoms with van der Waals surface area (Å²) in [6.07, 6.45) is 7.93. The second kappa shape index (κ2) is 7.59. The van der Waals surface area contributed by atoms with Crippen LogP contribution in [0.2, 0.25) is 0 Å². The number of carbonyl (C=O) groups is 1. The minimum atomic E-state index is -0.531. The second-order valence-corrected chi connectivity index (χ2v) is 11.3. The molecule has 9 heteroatoms. The molecule has 0 unspecified atom stereocenters. The van der Waals surface area contributed by atoms with Gasteiger partial charge in [0.15, 0.2) is 5.60 Å². The first kappa shape index (κ1) is 21.5. The van der Waals surface area contributed by atoms with Crippen LogP contribution in [0.4, 0.5) is 10.7 Å². The molecule has 2 aromatic heterocycles. The van der Waals surface area contributed by atoms with Gasteiger partial charge in [-0.1, -0.05) is 0 Å². The van der Waals surface area contributed by atoms with Gasteiger partial charge in [-0.2, -0.15) is 0 Å². The number of hydrogen-bond donors (Lipinski definition) is 1. The molecule has 2 spiro atoms. The van der Waals surface area contributed by atoms with E-state index < -0.39 is 5.60 Å². The molecular formula is C26H34N6O3. The predicted molar refractivity (Wildman–Crippen MR) is 131 cm³/mol. The number of hydrogen-bond acceptors (Lipinski definition) is 7. The van der Waals surface area contributed by atoms with Crippen molar-refractivity contribution in [2.45, 2.75) is 56.6 Å². The van der Waals surface area contributed by atoms with Crippen molar-refractivity contribution < 1.29 is 14.3 Å². The van der Waals surface area contributed by atoms with Gasteiger partial charge < -0.3 is 29.2 Å². The highest BCUT2D eigenvalue weighted by atomic mass is 16.6. The third-order valence-corrected chi connectivity index (χ3v) is 8.50. The first-order chi connectivity index (χ1) is 17.0. The number of piperazine rings is 1. The number of aromatic nitrogens is 3. The Morgan fingerprint density at radius 1 is 1.20 bits per heavy atom. The van der Waals surface area contributed by atoms with E-state index in [-0.39, 0.29) is 11.6 Å². The Morgan fingerprint density at radius 3 is 2.74 bits per heavy atom. The number of aryl methyl sites for hydroxylation is 1. The van der Waals surface area contributed by atoms with E-state index in [0.717, 1.165) is 54.0 Å². The number of pyridine rings is 1. The summed E-state index contributed by atoms with van der Waals surface area (Å²) in [4.78, 5) is 26.9. The summed E-state index contributed by atoms with van der Waals surface area (Å²) >= 11 is 0. The molecule has 0 radical (unpaired) electrons. The van der Waals surface area contributed by atoms with Crippen LogP contribution < -0.4 is 15.0 Å². The van der Waals surface area contributed by atoms with Gasteiger partial charge in [0, 0.05) is 64.3 Å². The molecular weight excluding hydrogens is 444 g/mol. The van der Waals surface area contributed by atoms with Gasteiger partial charge in [0.1, 0.15) is 17.1 Å². The van der Waals surface area contributed by atoms with Gasteiger partial charge in [0.05, 0.1) is 12.3 Å². The van der Waals surface area contributed by atoms with Crippen LogP contribution in [0.15, 0.2) is 12.3 Å². The van der Waals surface area contributed by atoms with Crippen LogP contribution in [0, 0.1) is 12.8 Å². The quantitative estimate of drug-likeness (QED) is 0.726.